The Bertz CT molecular complexity index is 569. The quantitative estimate of drug-likeness (QED) is 0.579. The van der Waals surface area contributed by atoms with Crippen LogP contribution in [0.3, 0.4) is 0 Å². The molecule has 1 aromatic rings. The van der Waals surface area contributed by atoms with Gasteiger partial charge in [0.05, 0.1) is 32.9 Å². The average molecular weight is 352 g/mol. The standard InChI is InChI=1S/C18H26FN3O3/c1-14(2)13-25-18(20-7-8-22-9-11-24-12-10-22)21-17(23)15-3-5-16(19)6-4-15/h3-6,14H,7-13H2,1-2H3,(H,20,21,23)/p+1. The highest BCUT2D eigenvalue weighted by Crippen LogP contribution is 2.03. The Hall–Kier alpha value is -1.99. The number of carbonyl (C=O) groups excluding carboxylic acids is 1. The lowest BCUT2D eigenvalue weighted by Crippen LogP contribution is -3.14. The monoisotopic (exact) mass is 352 g/mol. The number of benzene rings is 1. The molecule has 1 heterocycles. The number of halogens is 1. The summed E-state index contributed by atoms with van der Waals surface area (Å²) < 4.78 is 23.9. The summed E-state index contributed by atoms with van der Waals surface area (Å²) in [6, 6.07) is 5.59. The number of quaternary nitrogens is 1. The Morgan fingerprint density at radius 1 is 1.32 bits per heavy atom. The van der Waals surface area contributed by atoms with Gasteiger partial charge in [-0.15, -0.1) is 0 Å². The third-order valence-corrected chi connectivity index (χ3v) is 3.80. The minimum Gasteiger partial charge on any atom is -0.465 e. The van der Waals surface area contributed by atoms with E-state index in [0.29, 0.717) is 24.6 Å². The molecule has 0 radical (unpaired) electrons. The predicted molar refractivity (Wildman–Crippen MR) is 93.3 cm³/mol. The van der Waals surface area contributed by atoms with Crippen molar-refractivity contribution < 1.29 is 23.6 Å². The second kappa shape index (κ2) is 10.1. The van der Waals surface area contributed by atoms with Crippen molar-refractivity contribution in [2.45, 2.75) is 13.8 Å². The topological polar surface area (TPSA) is 64.4 Å². The molecule has 138 valence electrons. The van der Waals surface area contributed by atoms with E-state index in [1.54, 1.807) is 0 Å². The molecule has 25 heavy (non-hydrogen) atoms. The molecule has 1 aromatic carbocycles. The summed E-state index contributed by atoms with van der Waals surface area (Å²) in [5.41, 5.74) is 0.362. The zero-order valence-corrected chi connectivity index (χ0v) is 14.9. The molecule has 0 atom stereocenters. The molecule has 1 saturated heterocycles. The molecule has 6 nitrogen and oxygen atoms in total. The Morgan fingerprint density at radius 2 is 2.00 bits per heavy atom. The third-order valence-electron chi connectivity index (χ3n) is 3.80. The van der Waals surface area contributed by atoms with Crippen LogP contribution in [0.4, 0.5) is 4.39 Å². The van der Waals surface area contributed by atoms with Crippen molar-refractivity contribution in [2.24, 2.45) is 10.9 Å². The first kappa shape index (κ1) is 19.3. The van der Waals surface area contributed by atoms with Gasteiger partial charge < -0.3 is 14.4 Å². The van der Waals surface area contributed by atoms with E-state index in [4.69, 9.17) is 9.47 Å². The maximum Gasteiger partial charge on any atom is 0.291 e. The number of amidine groups is 1. The number of nitrogens with zero attached hydrogens (tertiary/aromatic N) is 1. The fraction of sp³-hybridized carbons (Fsp3) is 0.556. The van der Waals surface area contributed by atoms with Gasteiger partial charge in [0.1, 0.15) is 18.9 Å². The van der Waals surface area contributed by atoms with Gasteiger partial charge in [-0.25, -0.2) is 9.38 Å². The van der Waals surface area contributed by atoms with E-state index in [1.807, 2.05) is 13.8 Å². The van der Waals surface area contributed by atoms with Gasteiger partial charge in [-0.1, -0.05) is 13.8 Å². The first-order valence-corrected chi connectivity index (χ1v) is 8.70. The van der Waals surface area contributed by atoms with Gasteiger partial charge in [0.2, 0.25) is 0 Å². The number of hydrogen-bond acceptors (Lipinski definition) is 4. The van der Waals surface area contributed by atoms with E-state index >= 15 is 0 Å². The minimum atomic E-state index is -0.380. The van der Waals surface area contributed by atoms with Crippen molar-refractivity contribution in [2.75, 3.05) is 46.0 Å². The van der Waals surface area contributed by atoms with Crippen molar-refractivity contribution in [1.82, 2.24) is 5.32 Å². The Balaban J connectivity index is 1.92. The van der Waals surface area contributed by atoms with E-state index in [-0.39, 0.29) is 17.7 Å². The minimum absolute atomic E-state index is 0.218. The summed E-state index contributed by atoms with van der Waals surface area (Å²) in [6.45, 7) is 9.44. The van der Waals surface area contributed by atoms with Crippen LogP contribution in [0.1, 0.15) is 24.2 Å². The molecule has 1 fully saturated rings. The fourth-order valence-electron chi connectivity index (χ4n) is 2.36. The van der Waals surface area contributed by atoms with Crippen LogP contribution in [0, 0.1) is 11.7 Å². The molecular formula is C18H27FN3O3+. The molecule has 2 N–H and O–H groups in total. The number of morpholine rings is 1. The van der Waals surface area contributed by atoms with Crippen LogP contribution in [-0.4, -0.2) is 57.9 Å². The first-order valence-electron chi connectivity index (χ1n) is 8.70. The van der Waals surface area contributed by atoms with Crippen LogP contribution in [-0.2, 0) is 9.47 Å². The summed E-state index contributed by atoms with van der Waals surface area (Å²) in [5, 5.41) is 2.68. The lowest BCUT2D eigenvalue weighted by atomic mass is 10.2. The number of nitrogens with one attached hydrogen (secondary N) is 2. The largest absolute Gasteiger partial charge is 0.465 e. The van der Waals surface area contributed by atoms with E-state index in [9.17, 15) is 9.18 Å². The van der Waals surface area contributed by atoms with Gasteiger partial charge in [-0.2, -0.15) is 0 Å². The molecule has 0 aromatic heterocycles. The van der Waals surface area contributed by atoms with Crippen LogP contribution in [0.25, 0.3) is 0 Å². The molecular weight excluding hydrogens is 325 g/mol. The molecule has 0 aliphatic carbocycles. The zero-order chi connectivity index (χ0) is 18.1. The first-order chi connectivity index (χ1) is 12.0. The molecule has 0 spiro atoms. The SMILES string of the molecule is CC(C)COC(=NCC[NH+]1CCOCC1)NC(=O)c1ccc(F)cc1. The maximum atomic E-state index is 13.0. The highest BCUT2D eigenvalue weighted by atomic mass is 19.1. The average Bonchev–Trinajstić information content (AvgIpc) is 2.61. The number of ether oxygens (including phenoxy) is 2. The number of aliphatic imine (C=N–C) groups is 1. The van der Waals surface area contributed by atoms with E-state index in [1.165, 1.54) is 29.2 Å². The molecule has 2 rings (SSSR count). The number of amides is 1. The van der Waals surface area contributed by atoms with Crippen molar-refractivity contribution in [3.63, 3.8) is 0 Å². The number of carbonyl (C=O) groups is 1. The van der Waals surface area contributed by atoms with Gasteiger partial charge in [-0.3, -0.25) is 10.1 Å². The molecule has 7 heteroatoms. The Morgan fingerprint density at radius 3 is 2.64 bits per heavy atom. The van der Waals surface area contributed by atoms with Gasteiger partial charge >= 0.3 is 0 Å². The normalized spacial score (nSPS) is 16.1. The van der Waals surface area contributed by atoms with Gasteiger partial charge in [0, 0.05) is 5.56 Å². The molecule has 1 aliphatic rings. The second-order valence-corrected chi connectivity index (χ2v) is 6.47. The predicted octanol–water partition coefficient (Wildman–Crippen LogP) is 0.499. The van der Waals surface area contributed by atoms with Gasteiger partial charge in [0.15, 0.2) is 0 Å². The molecule has 1 aliphatic heterocycles. The van der Waals surface area contributed by atoms with Crippen LogP contribution in [0.15, 0.2) is 29.3 Å². The van der Waals surface area contributed by atoms with Gasteiger partial charge in [0.25, 0.3) is 11.9 Å². The summed E-state index contributed by atoms with van der Waals surface area (Å²) in [6.07, 6.45) is 0. The van der Waals surface area contributed by atoms with Crippen molar-refractivity contribution in [1.29, 1.82) is 0 Å². The summed E-state index contributed by atoms with van der Waals surface area (Å²) in [7, 11) is 0. The van der Waals surface area contributed by atoms with Crippen LogP contribution in [0.5, 0.6) is 0 Å². The Labute approximate surface area is 148 Å². The number of rotatable bonds is 6. The summed E-state index contributed by atoms with van der Waals surface area (Å²) >= 11 is 0. The van der Waals surface area contributed by atoms with Gasteiger partial charge in [-0.05, 0) is 30.2 Å². The molecule has 0 unspecified atom stereocenters. The maximum absolute atomic E-state index is 13.0. The zero-order valence-electron chi connectivity index (χ0n) is 14.9. The fourth-order valence-corrected chi connectivity index (χ4v) is 2.36. The Kier molecular flexibility index (Phi) is 7.81. The highest BCUT2D eigenvalue weighted by molar-refractivity contribution is 6.04. The summed E-state index contributed by atoms with van der Waals surface area (Å²) in [5.74, 6) is -0.422. The van der Waals surface area contributed by atoms with Crippen LogP contribution in [0.2, 0.25) is 0 Å². The lowest BCUT2D eigenvalue weighted by Gasteiger charge is -2.23. The highest BCUT2D eigenvalue weighted by Gasteiger charge is 2.14. The van der Waals surface area contributed by atoms with E-state index in [0.717, 1.165) is 32.8 Å². The molecule has 1 amide bonds. The van der Waals surface area contributed by atoms with Crippen molar-refractivity contribution in [3.8, 4) is 0 Å². The summed E-state index contributed by atoms with van der Waals surface area (Å²) in [4.78, 5) is 18.1. The van der Waals surface area contributed by atoms with Crippen LogP contribution < -0.4 is 10.2 Å². The van der Waals surface area contributed by atoms with Crippen LogP contribution >= 0.6 is 0 Å². The van der Waals surface area contributed by atoms with E-state index in [2.05, 4.69) is 10.3 Å². The lowest BCUT2D eigenvalue weighted by molar-refractivity contribution is -0.906. The second-order valence-electron chi connectivity index (χ2n) is 6.47. The third kappa shape index (κ3) is 7.19. The molecule has 0 bridgehead atoms. The smallest absolute Gasteiger partial charge is 0.291 e. The van der Waals surface area contributed by atoms with Crippen molar-refractivity contribution in [3.05, 3.63) is 35.6 Å². The van der Waals surface area contributed by atoms with E-state index < -0.39 is 0 Å². The van der Waals surface area contributed by atoms with Crippen molar-refractivity contribution >= 4 is 11.9 Å². The number of hydrogen-bond donors (Lipinski definition) is 2. The molecule has 0 saturated carbocycles.